The van der Waals surface area contributed by atoms with Gasteiger partial charge in [-0.2, -0.15) is 0 Å². The normalized spacial score (nSPS) is 12.3. The highest BCUT2D eigenvalue weighted by Gasteiger charge is 2.31. The molecule has 20 nitrogen and oxygen atoms in total. The minimum absolute atomic E-state index is 0.0852. The Morgan fingerprint density at radius 1 is 0.341 bits per heavy atom. The first kappa shape index (κ1) is 77.1. The van der Waals surface area contributed by atoms with Crippen molar-refractivity contribution in [3.05, 3.63) is 0 Å². The smallest absolute Gasteiger partial charge is 0.410 e. The van der Waals surface area contributed by atoms with Crippen molar-refractivity contribution in [2.75, 3.05) is 86.1 Å². The SMILES string of the molecule is CCCCCCC(=O)NCCCCCCC(CN(CCCCN(CCCN(C)C(=O)OC(C)(C)C)C(=O)OC(C)(C)C)C(=O)OC(C)(C)C)CN(CCCCN(CCCN(C)C(=O)OC(C)(C)C)C(=O)OC(C)(C)C)C(=O)OC(C)(C)C. The third-order valence-electron chi connectivity index (χ3n) is 12.1. The van der Waals surface area contributed by atoms with Gasteiger partial charge in [-0.1, -0.05) is 45.4 Å². The van der Waals surface area contributed by atoms with E-state index in [1.54, 1.807) is 33.7 Å². The van der Waals surface area contributed by atoms with Gasteiger partial charge >= 0.3 is 36.6 Å². The Morgan fingerprint density at radius 3 is 0.976 bits per heavy atom. The lowest BCUT2D eigenvalue weighted by Crippen LogP contribution is -2.45. The number of amides is 7. The molecule has 0 atom stereocenters. The monoisotopic (exact) mass is 1170 g/mol. The summed E-state index contributed by atoms with van der Waals surface area (Å²) in [6.45, 7) is 38.7. The van der Waals surface area contributed by atoms with E-state index in [0.29, 0.717) is 110 Å². The van der Waals surface area contributed by atoms with Gasteiger partial charge in [-0.3, -0.25) is 4.79 Å². The number of carbonyl (C=O) groups excluding carboxylic acids is 7. The molecule has 0 saturated carbocycles. The second kappa shape index (κ2) is 37.4. The fourth-order valence-electron chi connectivity index (χ4n) is 8.28. The fraction of sp³-hybridized carbons (Fsp3) is 0.887. The van der Waals surface area contributed by atoms with E-state index in [1.165, 1.54) is 9.80 Å². The average Bonchev–Trinajstić information content (AvgIpc) is 3.29. The lowest BCUT2D eigenvalue weighted by atomic mass is 9.98. The van der Waals surface area contributed by atoms with Crippen molar-refractivity contribution >= 4 is 42.5 Å². The number of carbonyl (C=O) groups is 7. The number of hydrogen-bond donors (Lipinski definition) is 1. The first-order valence-corrected chi connectivity index (χ1v) is 30.7. The Morgan fingerprint density at radius 2 is 0.634 bits per heavy atom. The quantitative estimate of drug-likeness (QED) is 0.0471. The van der Waals surface area contributed by atoms with Crippen molar-refractivity contribution in [1.29, 1.82) is 0 Å². The van der Waals surface area contributed by atoms with Crippen molar-refractivity contribution < 1.29 is 62.0 Å². The third-order valence-corrected chi connectivity index (χ3v) is 12.1. The van der Waals surface area contributed by atoms with E-state index >= 15 is 0 Å². The Kier molecular flexibility index (Phi) is 35.2. The van der Waals surface area contributed by atoms with Crippen LogP contribution in [-0.2, 0) is 33.2 Å². The highest BCUT2D eigenvalue weighted by molar-refractivity contribution is 5.75. The molecule has 82 heavy (non-hydrogen) atoms. The summed E-state index contributed by atoms with van der Waals surface area (Å²) in [4.78, 5) is 103. The van der Waals surface area contributed by atoms with E-state index in [9.17, 15) is 33.6 Å². The van der Waals surface area contributed by atoms with Crippen molar-refractivity contribution in [1.82, 2.24) is 34.7 Å². The van der Waals surface area contributed by atoms with E-state index in [4.69, 9.17) is 28.4 Å². The number of ether oxygens (including phenoxy) is 6. The zero-order valence-corrected chi connectivity index (χ0v) is 55.7. The summed E-state index contributed by atoms with van der Waals surface area (Å²) < 4.78 is 34.7. The summed E-state index contributed by atoms with van der Waals surface area (Å²) >= 11 is 0. The molecule has 0 aliphatic carbocycles. The molecule has 0 heterocycles. The third kappa shape index (κ3) is 42.0. The zero-order chi connectivity index (χ0) is 63.1. The molecule has 0 saturated heterocycles. The lowest BCUT2D eigenvalue weighted by Gasteiger charge is -2.34. The maximum atomic E-state index is 14.2. The van der Waals surface area contributed by atoms with E-state index in [2.05, 4.69) is 12.2 Å². The van der Waals surface area contributed by atoms with Gasteiger partial charge in [0.15, 0.2) is 0 Å². The van der Waals surface area contributed by atoms with E-state index in [-0.39, 0.29) is 24.9 Å². The molecule has 480 valence electrons. The number of nitrogens with one attached hydrogen (secondary N) is 1. The standard InChI is InChI=1S/C62H119N7O13/c1-22-23-24-28-37-50(70)63-38-29-26-25-27-36-49(47-68(55(75)81-61(14,15)16)43-32-30-41-66(53(73)79-59(8,9)10)45-34-39-64(20)51(71)77-57(2,3)4)48-69(56(76)82-62(17,18)19)44-33-31-42-67(54(74)80-60(11,12)13)46-35-40-65(21)52(72)78-58(5,6)7/h49H,22-48H2,1-21H3,(H,63,70). The minimum Gasteiger partial charge on any atom is -0.444 e. The van der Waals surface area contributed by atoms with Gasteiger partial charge in [0.05, 0.1) is 0 Å². The highest BCUT2D eigenvalue weighted by atomic mass is 16.6. The van der Waals surface area contributed by atoms with Crippen molar-refractivity contribution in [3.63, 3.8) is 0 Å². The van der Waals surface area contributed by atoms with Crippen LogP contribution in [0.4, 0.5) is 28.8 Å². The van der Waals surface area contributed by atoms with Gasteiger partial charge < -0.3 is 63.1 Å². The van der Waals surface area contributed by atoms with Gasteiger partial charge in [0.25, 0.3) is 0 Å². The van der Waals surface area contributed by atoms with E-state index in [0.717, 1.165) is 51.4 Å². The maximum absolute atomic E-state index is 14.2. The molecule has 0 aliphatic rings. The van der Waals surface area contributed by atoms with Gasteiger partial charge in [-0.05, 0) is 188 Å². The van der Waals surface area contributed by atoms with Crippen LogP contribution in [0.15, 0.2) is 0 Å². The van der Waals surface area contributed by atoms with Gasteiger partial charge in [-0.25, -0.2) is 28.8 Å². The van der Waals surface area contributed by atoms with Crippen molar-refractivity contribution in [2.45, 2.75) is 268 Å². The molecule has 20 heteroatoms. The van der Waals surface area contributed by atoms with Crippen LogP contribution < -0.4 is 5.32 Å². The van der Waals surface area contributed by atoms with Gasteiger partial charge in [0, 0.05) is 92.5 Å². The molecule has 0 radical (unpaired) electrons. The van der Waals surface area contributed by atoms with Crippen molar-refractivity contribution in [3.8, 4) is 0 Å². The molecule has 0 aliphatic heterocycles. The summed E-state index contributed by atoms with van der Waals surface area (Å²) in [7, 11) is 3.33. The molecule has 0 unspecified atom stereocenters. The minimum atomic E-state index is -0.792. The van der Waals surface area contributed by atoms with Crippen LogP contribution in [0, 0.1) is 5.92 Å². The van der Waals surface area contributed by atoms with Crippen LogP contribution in [-0.4, -0.2) is 192 Å². The molecule has 0 rings (SSSR count). The highest BCUT2D eigenvalue weighted by Crippen LogP contribution is 2.22. The average molecular weight is 1170 g/mol. The molecular weight excluding hydrogens is 1050 g/mol. The summed E-state index contributed by atoms with van der Waals surface area (Å²) in [5.74, 6) is -0.120. The molecule has 0 aromatic heterocycles. The summed E-state index contributed by atoms with van der Waals surface area (Å²) in [5, 5.41) is 3.07. The summed E-state index contributed by atoms with van der Waals surface area (Å²) in [6.07, 6.45) is 9.10. The molecule has 0 fully saturated rings. The predicted octanol–water partition coefficient (Wildman–Crippen LogP) is 13.7. The number of rotatable bonds is 34. The van der Waals surface area contributed by atoms with Crippen LogP contribution in [0.5, 0.6) is 0 Å². The van der Waals surface area contributed by atoms with Crippen LogP contribution in [0.3, 0.4) is 0 Å². The first-order valence-electron chi connectivity index (χ1n) is 30.7. The van der Waals surface area contributed by atoms with Crippen LogP contribution in [0.25, 0.3) is 0 Å². The molecule has 0 spiro atoms. The Hall–Kier alpha value is -4.91. The number of hydrogen-bond acceptors (Lipinski definition) is 13. The van der Waals surface area contributed by atoms with Crippen LogP contribution >= 0.6 is 0 Å². The Bertz CT molecular complexity index is 1760. The molecular formula is C62H119N7O13. The van der Waals surface area contributed by atoms with Gasteiger partial charge in [0.1, 0.15) is 33.6 Å². The molecule has 0 aromatic rings. The van der Waals surface area contributed by atoms with Crippen molar-refractivity contribution in [2.24, 2.45) is 5.92 Å². The fourth-order valence-corrected chi connectivity index (χ4v) is 8.28. The lowest BCUT2D eigenvalue weighted by molar-refractivity contribution is -0.121. The second-order valence-electron chi connectivity index (χ2n) is 27.9. The van der Waals surface area contributed by atoms with E-state index in [1.807, 2.05) is 125 Å². The van der Waals surface area contributed by atoms with Gasteiger partial charge in [-0.15, -0.1) is 0 Å². The molecule has 7 amide bonds. The molecule has 0 bridgehead atoms. The summed E-state index contributed by atoms with van der Waals surface area (Å²) in [6, 6.07) is 0. The van der Waals surface area contributed by atoms with E-state index < -0.39 is 70.2 Å². The molecule has 0 aromatic carbocycles. The second-order valence-corrected chi connectivity index (χ2v) is 27.9. The van der Waals surface area contributed by atoms with Crippen LogP contribution in [0.2, 0.25) is 0 Å². The predicted molar refractivity (Wildman–Crippen MR) is 325 cm³/mol. The molecule has 1 N–H and O–H groups in total. The van der Waals surface area contributed by atoms with Crippen LogP contribution in [0.1, 0.15) is 234 Å². The largest absolute Gasteiger partial charge is 0.444 e. The van der Waals surface area contributed by atoms with Gasteiger partial charge in [0.2, 0.25) is 5.91 Å². The number of unbranched alkanes of at least 4 members (excludes halogenated alkanes) is 8. The Labute approximate surface area is 497 Å². The number of nitrogens with zero attached hydrogens (tertiary/aromatic N) is 6. The zero-order valence-electron chi connectivity index (χ0n) is 55.7. The first-order chi connectivity index (χ1) is 37.6. The summed E-state index contributed by atoms with van der Waals surface area (Å²) in [5.41, 5.74) is -4.34. The topological polar surface area (TPSA) is 206 Å². The maximum Gasteiger partial charge on any atom is 0.410 e. The Balaban J connectivity index is 6.74.